The standard InChI is InChI=1S/C29H33ClFN3O4S/c1-4-5-18-32-29(36)22(3)33(19-23-8-6-7-9-27(23)30)28(35)20-34(25-14-12-24(31)13-15-25)39(37,38)26-16-10-21(2)11-17-26/h6-17,22H,4-5,18-20H2,1-3H3,(H,32,36)/t22-/m1/s1. The first-order valence-corrected chi connectivity index (χ1v) is 14.5. The highest BCUT2D eigenvalue weighted by molar-refractivity contribution is 7.92. The smallest absolute Gasteiger partial charge is 0.264 e. The predicted octanol–water partition coefficient (Wildman–Crippen LogP) is 5.32. The minimum Gasteiger partial charge on any atom is -0.354 e. The highest BCUT2D eigenvalue weighted by Crippen LogP contribution is 2.26. The van der Waals surface area contributed by atoms with Crippen molar-refractivity contribution in [3.63, 3.8) is 0 Å². The molecule has 0 aliphatic heterocycles. The number of benzene rings is 3. The number of carbonyl (C=O) groups is 2. The third-order valence-electron chi connectivity index (χ3n) is 6.30. The molecule has 39 heavy (non-hydrogen) atoms. The number of unbranched alkanes of at least 4 members (excludes halogenated alkanes) is 1. The van der Waals surface area contributed by atoms with Crippen molar-refractivity contribution in [1.29, 1.82) is 0 Å². The van der Waals surface area contributed by atoms with Crippen LogP contribution in [0.2, 0.25) is 5.02 Å². The van der Waals surface area contributed by atoms with E-state index >= 15 is 0 Å². The predicted molar refractivity (Wildman–Crippen MR) is 151 cm³/mol. The Bertz CT molecular complexity index is 1380. The lowest BCUT2D eigenvalue weighted by molar-refractivity contribution is -0.139. The first kappa shape index (κ1) is 30.1. The maximum Gasteiger partial charge on any atom is 0.264 e. The Morgan fingerprint density at radius 3 is 2.26 bits per heavy atom. The van der Waals surface area contributed by atoms with E-state index in [-0.39, 0.29) is 23.0 Å². The zero-order valence-corrected chi connectivity index (χ0v) is 23.8. The van der Waals surface area contributed by atoms with Gasteiger partial charge in [0.05, 0.1) is 10.6 Å². The van der Waals surface area contributed by atoms with E-state index in [1.807, 2.05) is 13.8 Å². The molecule has 0 heterocycles. The number of carbonyl (C=O) groups excluding carboxylic acids is 2. The van der Waals surface area contributed by atoms with Crippen LogP contribution in [0.4, 0.5) is 10.1 Å². The summed E-state index contributed by atoms with van der Waals surface area (Å²) in [6.45, 7) is 5.25. The molecule has 208 valence electrons. The maximum atomic E-state index is 13.8. The zero-order valence-electron chi connectivity index (χ0n) is 22.2. The summed E-state index contributed by atoms with van der Waals surface area (Å²) in [4.78, 5) is 28.1. The third kappa shape index (κ3) is 7.80. The molecule has 0 saturated heterocycles. The van der Waals surface area contributed by atoms with Crippen molar-refractivity contribution in [3.05, 3.63) is 94.8 Å². The summed E-state index contributed by atoms with van der Waals surface area (Å²) in [6, 6.07) is 17.1. The number of rotatable bonds is 12. The summed E-state index contributed by atoms with van der Waals surface area (Å²) in [6.07, 6.45) is 1.67. The largest absolute Gasteiger partial charge is 0.354 e. The second-order valence-electron chi connectivity index (χ2n) is 9.23. The van der Waals surface area contributed by atoms with Crippen LogP contribution in [0.3, 0.4) is 0 Å². The molecule has 3 rings (SSSR count). The van der Waals surface area contributed by atoms with Gasteiger partial charge in [0, 0.05) is 18.1 Å². The van der Waals surface area contributed by atoms with Crippen molar-refractivity contribution in [3.8, 4) is 0 Å². The van der Waals surface area contributed by atoms with Crippen molar-refractivity contribution in [2.24, 2.45) is 0 Å². The van der Waals surface area contributed by atoms with E-state index < -0.39 is 34.3 Å². The van der Waals surface area contributed by atoms with Gasteiger partial charge >= 0.3 is 0 Å². The highest BCUT2D eigenvalue weighted by atomic mass is 35.5. The average molecular weight is 574 g/mol. The molecule has 0 bridgehead atoms. The van der Waals surface area contributed by atoms with Gasteiger partial charge in [0.15, 0.2) is 0 Å². The number of nitrogens with zero attached hydrogens (tertiary/aromatic N) is 2. The fourth-order valence-corrected chi connectivity index (χ4v) is 5.51. The highest BCUT2D eigenvalue weighted by Gasteiger charge is 2.32. The van der Waals surface area contributed by atoms with Crippen LogP contribution in [-0.4, -0.2) is 44.3 Å². The molecule has 0 aliphatic rings. The number of anilines is 1. The summed E-state index contributed by atoms with van der Waals surface area (Å²) in [7, 11) is -4.22. The van der Waals surface area contributed by atoms with Crippen molar-refractivity contribution in [2.45, 2.75) is 51.1 Å². The monoisotopic (exact) mass is 573 g/mol. The van der Waals surface area contributed by atoms with Gasteiger partial charge in [0.1, 0.15) is 18.4 Å². The molecular formula is C29H33ClFN3O4S. The molecule has 0 aromatic heterocycles. The van der Waals surface area contributed by atoms with Crippen LogP contribution in [-0.2, 0) is 26.2 Å². The van der Waals surface area contributed by atoms with Gasteiger partial charge in [-0.15, -0.1) is 0 Å². The lowest BCUT2D eigenvalue weighted by Gasteiger charge is -2.32. The Hall–Kier alpha value is -3.43. The Kier molecular flexibility index (Phi) is 10.5. The molecule has 3 aromatic carbocycles. The van der Waals surface area contributed by atoms with Crippen molar-refractivity contribution in [2.75, 3.05) is 17.4 Å². The molecule has 10 heteroatoms. The number of halogens is 2. The van der Waals surface area contributed by atoms with Gasteiger partial charge in [-0.3, -0.25) is 13.9 Å². The van der Waals surface area contributed by atoms with Gasteiger partial charge in [-0.05, 0) is 68.3 Å². The number of aryl methyl sites for hydroxylation is 1. The van der Waals surface area contributed by atoms with Crippen LogP contribution in [0.15, 0.2) is 77.7 Å². The molecule has 1 N–H and O–H groups in total. The van der Waals surface area contributed by atoms with Crippen LogP contribution in [0.1, 0.15) is 37.8 Å². The van der Waals surface area contributed by atoms with E-state index in [9.17, 15) is 22.4 Å². The van der Waals surface area contributed by atoms with E-state index in [0.29, 0.717) is 17.1 Å². The number of amides is 2. The normalized spacial score (nSPS) is 12.0. The van der Waals surface area contributed by atoms with E-state index in [0.717, 1.165) is 34.8 Å². The van der Waals surface area contributed by atoms with Gasteiger partial charge in [0.25, 0.3) is 10.0 Å². The molecule has 0 unspecified atom stereocenters. The molecule has 3 aromatic rings. The summed E-state index contributed by atoms with van der Waals surface area (Å²) < 4.78 is 42.1. The number of hydrogen-bond donors (Lipinski definition) is 1. The Labute approximate surface area is 234 Å². The van der Waals surface area contributed by atoms with Gasteiger partial charge in [0.2, 0.25) is 11.8 Å². The van der Waals surface area contributed by atoms with E-state index in [4.69, 9.17) is 11.6 Å². The lowest BCUT2D eigenvalue weighted by Crippen LogP contribution is -2.51. The number of sulfonamides is 1. The van der Waals surface area contributed by atoms with Gasteiger partial charge in [-0.2, -0.15) is 0 Å². The third-order valence-corrected chi connectivity index (χ3v) is 8.45. The molecule has 2 amide bonds. The Morgan fingerprint density at radius 2 is 1.64 bits per heavy atom. The van der Waals surface area contributed by atoms with Gasteiger partial charge < -0.3 is 10.2 Å². The quantitative estimate of drug-likeness (QED) is 0.297. The molecule has 7 nitrogen and oxygen atoms in total. The first-order valence-electron chi connectivity index (χ1n) is 12.7. The topological polar surface area (TPSA) is 86.8 Å². The van der Waals surface area contributed by atoms with Crippen LogP contribution >= 0.6 is 11.6 Å². The van der Waals surface area contributed by atoms with Gasteiger partial charge in [-0.1, -0.05) is 60.8 Å². The molecule has 1 atom stereocenters. The fourth-order valence-electron chi connectivity index (χ4n) is 3.90. The number of nitrogens with one attached hydrogen (secondary N) is 1. The zero-order chi connectivity index (χ0) is 28.6. The summed E-state index contributed by atoms with van der Waals surface area (Å²) in [5.74, 6) is -1.53. The van der Waals surface area contributed by atoms with Crippen LogP contribution in [0, 0.1) is 12.7 Å². The minimum atomic E-state index is -4.22. The molecular weight excluding hydrogens is 541 g/mol. The molecule has 0 saturated carbocycles. The van der Waals surface area contributed by atoms with E-state index in [2.05, 4.69) is 5.32 Å². The van der Waals surface area contributed by atoms with Crippen LogP contribution < -0.4 is 9.62 Å². The Morgan fingerprint density at radius 1 is 1.00 bits per heavy atom. The lowest BCUT2D eigenvalue weighted by atomic mass is 10.1. The first-order chi connectivity index (χ1) is 18.5. The number of hydrogen-bond acceptors (Lipinski definition) is 4. The van der Waals surface area contributed by atoms with Crippen molar-refractivity contribution in [1.82, 2.24) is 10.2 Å². The minimum absolute atomic E-state index is 0.0112. The summed E-state index contributed by atoms with van der Waals surface area (Å²) >= 11 is 6.36. The molecule has 0 radical (unpaired) electrons. The van der Waals surface area contributed by atoms with E-state index in [1.165, 1.54) is 29.2 Å². The van der Waals surface area contributed by atoms with Crippen molar-refractivity contribution < 1.29 is 22.4 Å². The SMILES string of the molecule is CCCCNC(=O)[C@@H](C)N(Cc1ccccc1Cl)C(=O)CN(c1ccc(F)cc1)S(=O)(=O)c1ccc(C)cc1. The van der Waals surface area contributed by atoms with Crippen LogP contribution in [0.5, 0.6) is 0 Å². The maximum absolute atomic E-state index is 13.8. The molecule has 0 spiro atoms. The van der Waals surface area contributed by atoms with Crippen molar-refractivity contribution >= 4 is 39.1 Å². The van der Waals surface area contributed by atoms with Crippen LogP contribution in [0.25, 0.3) is 0 Å². The average Bonchev–Trinajstić information content (AvgIpc) is 2.91. The Balaban J connectivity index is 2.00. The summed E-state index contributed by atoms with van der Waals surface area (Å²) in [5.41, 5.74) is 1.59. The molecule has 0 fully saturated rings. The fraction of sp³-hybridized carbons (Fsp3) is 0.310. The second-order valence-corrected chi connectivity index (χ2v) is 11.5. The summed E-state index contributed by atoms with van der Waals surface area (Å²) in [5, 5.41) is 3.25. The second kappa shape index (κ2) is 13.6. The molecule has 0 aliphatic carbocycles. The van der Waals surface area contributed by atoms with Gasteiger partial charge in [-0.25, -0.2) is 12.8 Å². The van der Waals surface area contributed by atoms with E-state index in [1.54, 1.807) is 43.3 Å².